The fourth-order valence-electron chi connectivity index (χ4n) is 4.21. The Morgan fingerprint density at radius 3 is 2.63 bits per heavy atom. The molecule has 2 heterocycles. The van der Waals surface area contributed by atoms with Gasteiger partial charge in [0.2, 0.25) is 5.91 Å². The first-order valence-corrected chi connectivity index (χ1v) is 10.8. The van der Waals surface area contributed by atoms with E-state index in [1.807, 2.05) is 25.3 Å². The summed E-state index contributed by atoms with van der Waals surface area (Å²) in [6, 6.07) is 11.9. The van der Waals surface area contributed by atoms with Crippen LogP contribution in [-0.4, -0.2) is 34.5 Å². The number of nitrogens with zero attached hydrogens (tertiary/aromatic N) is 3. The molecule has 9 heteroatoms. The summed E-state index contributed by atoms with van der Waals surface area (Å²) < 4.78 is 0. The number of aromatic amines is 1. The number of urea groups is 1. The Balaban J connectivity index is 0.00000216. The number of hydrogen-bond donors (Lipinski definition) is 3. The summed E-state index contributed by atoms with van der Waals surface area (Å²) in [6.45, 7) is 16.9. The first kappa shape index (κ1) is 27.3. The highest BCUT2D eigenvalue weighted by molar-refractivity contribution is 7.59. The SMILES string of the molecule is C.S.[C-]#[N+]c1cccc(NC(=O)Nc2ccc3[nH]cc(C[C@@H](C)C(=O)N4CCC[C@H]4[N+]#[C-])c3c2)c1. The molecule has 0 spiro atoms. The van der Waals surface area contributed by atoms with Gasteiger partial charge in [-0.2, -0.15) is 13.5 Å². The van der Waals surface area contributed by atoms with E-state index in [-0.39, 0.29) is 38.9 Å². The second-order valence-electron chi connectivity index (χ2n) is 8.20. The van der Waals surface area contributed by atoms with Crippen LogP contribution in [0.2, 0.25) is 0 Å². The lowest BCUT2D eigenvalue weighted by atomic mass is 9.99. The van der Waals surface area contributed by atoms with Crippen LogP contribution in [0, 0.1) is 19.1 Å². The van der Waals surface area contributed by atoms with Crippen molar-refractivity contribution in [2.75, 3.05) is 17.2 Å². The Morgan fingerprint density at radius 2 is 1.91 bits per heavy atom. The highest BCUT2D eigenvalue weighted by Gasteiger charge is 2.35. The largest absolute Gasteiger partial charge is 0.361 e. The number of nitrogens with one attached hydrogen (secondary N) is 3. The zero-order valence-electron chi connectivity index (χ0n) is 18.8. The first-order valence-electron chi connectivity index (χ1n) is 10.8. The Bertz CT molecular complexity index is 1290. The van der Waals surface area contributed by atoms with Crippen LogP contribution in [0.3, 0.4) is 0 Å². The van der Waals surface area contributed by atoms with Crippen molar-refractivity contribution in [1.29, 1.82) is 0 Å². The van der Waals surface area contributed by atoms with E-state index >= 15 is 0 Å². The molecule has 1 fully saturated rings. The Labute approximate surface area is 212 Å². The number of H-pyrrole nitrogens is 1. The predicted molar refractivity (Wildman–Crippen MR) is 145 cm³/mol. The van der Waals surface area contributed by atoms with E-state index in [0.29, 0.717) is 30.0 Å². The molecule has 0 aliphatic carbocycles. The quantitative estimate of drug-likeness (QED) is 0.374. The molecule has 4 rings (SSSR count). The lowest BCUT2D eigenvalue weighted by molar-refractivity contribution is -0.135. The smallest absolute Gasteiger partial charge is 0.323 e. The molecule has 3 N–H and O–H groups in total. The normalized spacial score (nSPS) is 15.2. The summed E-state index contributed by atoms with van der Waals surface area (Å²) >= 11 is 0. The maximum Gasteiger partial charge on any atom is 0.323 e. The van der Waals surface area contributed by atoms with Gasteiger partial charge in [0, 0.05) is 47.4 Å². The second kappa shape index (κ2) is 12.0. The van der Waals surface area contributed by atoms with Crippen LogP contribution in [0.4, 0.5) is 21.9 Å². The standard InChI is InChI=1S/C25H24N6O2.CH4.H2S/c1-16(24(32)31-11-5-8-23(31)27-3)12-17-15-28-22-10-9-20(14-21(17)22)30-25(33)29-19-7-4-6-18(13-19)26-2;;/h4,6-7,9-10,13-16,23,28H,5,8,11-12H2,1H3,(H2,29,30,33);1H4;1H2/t16-,23+;;/m1../s1. The van der Waals surface area contributed by atoms with Gasteiger partial charge in [-0.15, -0.1) is 0 Å². The number of fused-ring (bicyclic) bond motifs is 1. The van der Waals surface area contributed by atoms with Crippen LogP contribution in [0.15, 0.2) is 48.7 Å². The Hall–Kier alpha value is -3.95. The first-order chi connectivity index (χ1) is 16.0. The van der Waals surface area contributed by atoms with Gasteiger partial charge in [0.1, 0.15) is 0 Å². The van der Waals surface area contributed by atoms with E-state index in [0.717, 1.165) is 29.3 Å². The van der Waals surface area contributed by atoms with E-state index in [9.17, 15) is 9.59 Å². The number of hydrogen-bond acceptors (Lipinski definition) is 2. The summed E-state index contributed by atoms with van der Waals surface area (Å²) in [7, 11) is 0. The lowest BCUT2D eigenvalue weighted by Gasteiger charge is -2.20. The van der Waals surface area contributed by atoms with Crippen LogP contribution >= 0.6 is 13.5 Å². The summed E-state index contributed by atoms with van der Waals surface area (Å²) in [6.07, 6.45) is 3.71. The molecular formula is C26H30N6O2S. The monoisotopic (exact) mass is 490 g/mol. The number of anilines is 2. The molecule has 3 aromatic rings. The van der Waals surface area contributed by atoms with Crippen molar-refractivity contribution < 1.29 is 9.59 Å². The molecular weight excluding hydrogens is 460 g/mol. The third-order valence-electron chi connectivity index (χ3n) is 5.86. The van der Waals surface area contributed by atoms with Crippen molar-refractivity contribution in [3.05, 3.63) is 77.1 Å². The molecule has 2 aromatic carbocycles. The maximum absolute atomic E-state index is 12.9. The molecule has 0 unspecified atom stereocenters. The van der Waals surface area contributed by atoms with Crippen LogP contribution in [0.25, 0.3) is 20.6 Å². The molecule has 2 atom stereocenters. The molecule has 0 bridgehead atoms. The van der Waals surface area contributed by atoms with Gasteiger partial charge in [-0.3, -0.25) is 14.5 Å². The van der Waals surface area contributed by atoms with Gasteiger partial charge in [0.15, 0.2) is 5.69 Å². The summed E-state index contributed by atoms with van der Waals surface area (Å²) in [5, 5.41) is 6.49. The molecule has 1 aliphatic heterocycles. The third kappa shape index (κ3) is 6.14. The van der Waals surface area contributed by atoms with Crippen molar-refractivity contribution in [2.24, 2.45) is 5.92 Å². The Morgan fingerprint density at radius 1 is 1.17 bits per heavy atom. The van der Waals surface area contributed by atoms with Gasteiger partial charge in [-0.05, 0) is 48.7 Å². The number of amides is 3. The van der Waals surface area contributed by atoms with E-state index in [1.54, 1.807) is 35.2 Å². The van der Waals surface area contributed by atoms with Gasteiger partial charge in [0.25, 0.3) is 0 Å². The molecule has 8 nitrogen and oxygen atoms in total. The maximum atomic E-state index is 12.9. The van der Waals surface area contributed by atoms with Crippen LogP contribution < -0.4 is 10.6 Å². The van der Waals surface area contributed by atoms with Crippen LogP contribution in [0.5, 0.6) is 0 Å². The molecule has 1 saturated heterocycles. The number of likely N-dealkylation sites (tertiary alicyclic amines) is 1. The van der Waals surface area contributed by atoms with Gasteiger partial charge in [-0.25, -0.2) is 16.2 Å². The minimum atomic E-state index is -0.406. The summed E-state index contributed by atoms with van der Waals surface area (Å²) in [5.74, 6) is -0.237. The molecule has 0 radical (unpaired) electrons. The fraction of sp³-hybridized carbons (Fsp3) is 0.308. The van der Waals surface area contributed by atoms with Crippen molar-refractivity contribution in [2.45, 2.75) is 39.8 Å². The molecule has 1 aliphatic rings. The van der Waals surface area contributed by atoms with Gasteiger partial charge >= 0.3 is 12.2 Å². The number of benzene rings is 2. The van der Waals surface area contributed by atoms with Gasteiger partial charge in [-0.1, -0.05) is 26.5 Å². The summed E-state index contributed by atoms with van der Waals surface area (Å²) in [4.78, 5) is 37.2. The highest BCUT2D eigenvalue weighted by atomic mass is 32.1. The number of carbonyl (C=O) groups excluding carboxylic acids is 2. The lowest BCUT2D eigenvalue weighted by Crippen LogP contribution is -2.38. The topological polar surface area (TPSA) is 85.9 Å². The number of carbonyl (C=O) groups is 2. The van der Waals surface area contributed by atoms with E-state index in [2.05, 4.69) is 25.3 Å². The number of aromatic nitrogens is 1. The summed E-state index contributed by atoms with van der Waals surface area (Å²) in [5.41, 5.74) is 3.51. The van der Waals surface area contributed by atoms with Crippen molar-refractivity contribution in [3.63, 3.8) is 0 Å². The predicted octanol–water partition coefficient (Wildman–Crippen LogP) is 6.16. The van der Waals surface area contributed by atoms with Crippen LogP contribution in [0.1, 0.15) is 32.8 Å². The van der Waals surface area contributed by atoms with Crippen molar-refractivity contribution >= 4 is 53.4 Å². The van der Waals surface area contributed by atoms with Gasteiger partial charge < -0.3 is 15.6 Å². The fourth-order valence-corrected chi connectivity index (χ4v) is 4.21. The van der Waals surface area contributed by atoms with E-state index in [1.165, 1.54) is 0 Å². The Kier molecular flexibility index (Phi) is 9.33. The molecule has 0 saturated carbocycles. The highest BCUT2D eigenvalue weighted by Crippen LogP contribution is 2.27. The molecule has 35 heavy (non-hydrogen) atoms. The molecule has 3 amide bonds. The van der Waals surface area contributed by atoms with Crippen molar-refractivity contribution in [1.82, 2.24) is 9.88 Å². The second-order valence-corrected chi connectivity index (χ2v) is 8.20. The average molecular weight is 491 g/mol. The van der Waals surface area contributed by atoms with E-state index in [4.69, 9.17) is 13.1 Å². The minimum absolute atomic E-state index is 0. The minimum Gasteiger partial charge on any atom is -0.361 e. The van der Waals surface area contributed by atoms with Crippen LogP contribution in [-0.2, 0) is 11.2 Å². The average Bonchev–Trinajstić information content (AvgIpc) is 3.45. The zero-order valence-corrected chi connectivity index (χ0v) is 19.8. The van der Waals surface area contributed by atoms with Crippen molar-refractivity contribution in [3.8, 4) is 0 Å². The van der Waals surface area contributed by atoms with E-state index < -0.39 is 6.03 Å². The zero-order chi connectivity index (χ0) is 23.4. The molecule has 1 aromatic heterocycles. The van der Waals surface area contributed by atoms with Gasteiger partial charge in [0.05, 0.1) is 6.57 Å². The third-order valence-corrected chi connectivity index (χ3v) is 5.86. The molecule has 182 valence electrons. The number of rotatable bonds is 5.